The van der Waals surface area contributed by atoms with Crippen LogP contribution in [0, 0.1) is 0 Å². The Hall–Kier alpha value is -2.07. The standard InChI is InChI=1S/C16H21N3O/c1-12(17-2)14-10-9-13(11-18-14)19(3)15-7-5-6-8-16(15)20-4/h5-12,17H,1-4H3. The van der Waals surface area contributed by atoms with Crippen molar-refractivity contribution in [3.05, 3.63) is 48.3 Å². The van der Waals surface area contributed by atoms with Crippen molar-refractivity contribution >= 4 is 11.4 Å². The first kappa shape index (κ1) is 14.3. The lowest BCUT2D eigenvalue weighted by molar-refractivity contribution is 0.415. The largest absolute Gasteiger partial charge is 0.495 e. The number of nitrogens with zero attached hydrogens (tertiary/aromatic N) is 2. The number of pyridine rings is 1. The Bertz CT molecular complexity index is 554. The Kier molecular flexibility index (Phi) is 4.58. The zero-order valence-corrected chi connectivity index (χ0v) is 12.4. The van der Waals surface area contributed by atoms with Gasteiger partial charge in [-0.05, 0) is 38.2 Å². The highest BCUT2D eigenvalue weighted by Crippen LogP contribution is 2.31. The van der Waals surface area contributed by atoms with Crippen molar-refractivity contribution in [3.8, 4) is 5.75 Å². The Labute approximate surface area is 120 Å². The average Bonchev–Trinajstić information content (AvgIpc) is 2.53. The summed E-state index contributed by atoms with van der Waals surface area (Å²) in [7, 11) is 5.62. The second-order valence-electron chi connectivity index (χ2n) is 4.68. The highest BCUT2D eigenvalue weighted by Gasteiger charge is 2.10. The van der Waals surface area contributed by atoms with Crippen LogP contribution in [0.3, 0.4) is 0 Å². The number of ether oxygens (including phenoxy) is 1. The van der Waals surface area contributed by atoms with E-state index in [1.54, 1.807) is 7.11 Å². The minimum atomic E-state index is 0.251. The second-order valence-corrected chi connectivity index (χ2v) is 4.68. The Morgan fingerprint density at radius 3 is 2.55 bits per heavy atom. The molecule has 0 aliphatic carbocycles. The molecule has 0 saturated heterocycles. The van der Waals surface area contributed by atoms with Gasteiger partial charge in [0.2, 0.25) is 0 Å². The van der Waals surface area contributed by atoms with Crippen LogP contribution in [0.2, 0.25) is 0 Å². The zero-order chi connectivity index (χ0) is 14.5. The molecule has 0 saturated carbocycles. The summed E-state index contributed by atoms with van der Waals surface area (Å²) in [5, 5.41) is 3.18. The van der Waals surface area contributed by atoms with Gasteiger partial charge in [-0.3, -0.25) is 4.98 Å². The van der Waals surface area contributed by atoms with Crippen LogP contribution in [-0.2, 0) is 0 Å². The quantitative estimate of drug-likeness (QED) is 0.906. The maximum absolute atomic E-state index is 5.40. The molecule has 1 aromatic carbocycles. The van der Waals surface area contributed by atoms with Gasteiger partial charge in [-0.2, -0.15) is 0 Å². The van der Waals surface area contributed by atoms with Gasteiger partial charge in [0.25, 0.3) is 0 Å². The van der Waals surface area contributed by atoms with Crippen molar-refractivity contribution in [1.82, 2.24) is 10.3 Å². The van der Waals surface area contributed by atoms with E-state index in [1.165, 1.54) is 0 Å². The molecule has 106 valence electrons. The van der Waals surface area contributed by atoms with Gasteiger partial charge < -0.3 is 15.0 Å². The molecule has 2 aromatic rings. The molecule has 2 rings (SSSR count). The molecule has 1 heterocycles. The van der Waals surface area contributed by atoms with Crippen LogP contribution in [0.5, 0.6) is 5.75 Å². The summed E-state index contributed by atoms with van der Waals surface area (Å²) in [6.45, 7) is 2.09. The molecule has 4 heteroatoms. The van der Waals surface area contributed by atoms with Crippen LogP contribution in [0.15, 0.2) is 42.6 Å². The third-order valence-corrected chi connectivity index (χ3v) is 3.48. The predicted octanol–water partition coefficient (Wildman–Crippen LogP) is 3.14. The molecule has 1 atom stereocenters. The first-order valence-electron chi connectivity index (χ1n) is 6.67. The number of anilines is 2. The Morgan fingerprint density at radius 1 is 1.20 bits per heavy atom. The van der Waals surface area contributed by atoms with Crippen molar-refractivity contribution in [1.29, 1.82) is 0 Å². The van der Waals surface area contributed by atoms with Gasteiger partial charge in [0.05, 0.1) is 30.4 Å². The van der Waals surface area contributed by atoms with E-state index in [-0.39, 0.29) is 6.04 Å². The van der Waals surface area contributed by atoms with Crippen LogP contribution in [0.25, 0.3) is 0 Å². The number of para-hydroxylation sites is 2. The maximum atomic E-state index is 5.40. The summed E-state index contributed by atoms with van der Waals surface area (Å²) < 4.78 is 5.40. The SMILES string of the molecule is CNC(C)c1ccc(N(C)c2ccccc2OC)cn1. The highest BCUT2D eigenvalue weighted by molar-refractivity contribution is 5.68. The molecule has 0 fully saturated rings. The molecule has 0 aliphatic rings. The molecular formula is C16H21N3O. The lowest BCUT2D eigenvalue weighted by atomic mass is 10.2. The fourth-order valence-corrected chi connectivity index (χ4v) is 2.05. The molecule has 0 aliphatic heterocycles. The van der Waals surface area contributed by atoms with Crippen molar-refractivity contribution < 1.29 is 4.74 Å². The summed E-state index contributed by atoms with van der Waals surface area (Å²) in [4.78, 5) is 6.58. The number of nitrogens with one attached hydrogen (secondary N) is 1. The third-order valence-electron chi connectivity index (χ3n) is 3.48. The molecule has 4 nitrogen and oxygen atoms in total. The first-order chi connectivity index (χ1) is 9.67. The number of aromatic nitrogens is 1. The van der Waals surface area contributed by atoms with Crippen LogP contribution < -0.4 is 15.0 Å². The number of methoxy groups -OCH3 is 1. The van der Waals surface area contributed by atoms with E-state index in [4.69, 9.17) is 4.74 Å². The normalized spacial score (nSPS) is 12.0. The molecule has 20 heavy (non-hydrogen) atoms. The van der Waals surface area contributed by atoms with Crippen LogP contribution in [0.4, 0.5) is 11.4 Å². The van der Waals surface area contributed by atoms with Crippen LogP contribution in [-0.4, -0.2) is 26.2 Å². The first-order valence-corrected chi connectivity index (χ1v) is 6.67. The predicted molar refractivity (Wildman–Crippen MR) is 82.8 cm³/mol. The topological polar surface area (TPSA) is 37.4 Å². The third kappa shape index (κ3) is 2.91. The van der Waals surface area contributed by atoms with Crippen LogP contribution >= 0.6 is 0 Å². The van der Waals surface area contributed by atoms with Gasteiger partial charge in [-0.1, -0.05) is 12.1 Å². The van der Waals surface area contributed by atoms with Gasteiger partial charge in [0, 0.05) is 13.1 Å². The zero-order valence-electron chi connectivity index (χ0n) is 12.4. The number of benzene rings is 1. The molecule has 0 amide bonds. The number of hydrogen-bond acceptors (Lipinski definition) is 4. The summed E-state index contributed by atoms with van der Waals surface area (Å²) >= 11 is 0. The lowest BCUT2D eigenvalue weighted by Crippen LogP contribution is -2.15. The van der Waals surface area contributed by atoms with Gasteiger partial charge in [0.15, 0.2) is 0 Å². The van der Waals surface area contributed by atoms with E-state index in [0.29, 0.717) is 0 Å². The van der Waals surface area contributed by atoms with E-state index < -0.39 is 0 Å². The number of rotatable bonds is 5. The monoisotopic (exact) mass is 271 g/mol. The van der Waals surface area contributed by atoms with Crippen LogP contribution in [0.1, 0.15) is 18.7 Å². The Balaban J connectivity index is 2.27. The molecule has 0 spiro atoms. The van der Waals surface area contributed by atoms with Gasteiger partial charge in [-0.15, -0.1) is 0 Å². The van der Waals surface area contributed by atoms with E-state index in [9.17, 15) is 0 Å². The molecule has 0 radical (unpaired) electrons. The van der Waals surface area contributed by atoms with Crippen molar-refractivity contribution in [3.63, 3.8) is 0 Å². The lowest BCUT2D eigenvalue weighted by Gasteiger charge is -2.22. The van der Waals surface area contributed by atoms with Gasteiger partial charge in [-0.25, -0.2) is 0 Å². The summed E-state index contributed by atoms with van der Waals surface area (Å²) in [5.41, 5.74) is 3.08. The summed E-state index contributed by atoms with van der Waals surface area (Å²) in [6.07, 6.45) is 1.88. The van der Waals surface area contributed by atoms with Crippen molar-refractivity contribution in [2.24, 2.45) is 0 Å². The van der Waals surface area contributed by atoms with E-state index in [2.05, 4.69) is 28.2 Å². The highest BCUT2D eigenvalue weighted by atomic mass is 16.5. The molecule has 1 N–H and O–H groups in total. The molecule has 1 unspecified atom stereocenters. The summed E-state index contributed by atoms with van der Waals surface area (Å²) in [5.74, 6) is 0.850. The van der Waals surface area contributed by atoms with Gasteiger partial charge in [0.1, 0.15) is 5.75 Å². The van der Waals surface area contributed by atoms with Crippen molar-refractivity contribution in [2.75, 3.05) is 26.1 Å². The van der Waals surface area contributed by atoms with E-state index in [1.807, 2.05) is 50.6 Å². The fourth-order valence-electron chi connectivity index (χ4n) is 2.05. The van der Waals surface area contributed by atoms with E-state index >= 15 is 0 Å². The summed E-state index contributed by atoms with van der Waals surface area (Å²) in [6, 6.07) is 12.3. The fraction of sp³-hybridized carbons (Fsp3) is 0.312. The maximum Gasteiger partial charge on any atom is 0.142 e. The second kappa shape index (κ2) is 6.39. The molecule has 0 bridgehead atoms. The smallest absolute Gasteiger partial charge is 0.142 e. The van der Waals surface area contributed by atoms with Crippen molar-refractivity contribution in [2.45, 2.75) is 13.0 Å². The number of hydrogen-bond donors (Lipinski definition) is 1. The molecular weight excluding hydrogens is 250 g/mol. The minimum absolute atomic E-state index is 0.251. The average molecular weight is 271 g/mol. The van der Waals surface area contributed by atoms with E-state index in [0.717, 1.165) is 22.8 Å². The molecule has 1 aromatic heterocycles. The Morgan fingerprint density at radius 2 is 1.95 bits per heavy atom. The minimum Gasteiger partial charge on any atom is -0.495 e. The van der Waals surface area contributed by atoms with Gasteiger partial charge >= 0.3 is 0 Å².